The standard InChI is InChI=1S/C21H19N3O3/c1-14-18(11-15-6-8-16(9-7-15)23(2)3)20(25)24(21(26)19(14)12-22)13-17-5-4-10-27-17/h4-11H,13H2,1-3H3/b18-11+. The molecule has 0 spiro atoms. The summed E-state index contributed by atoms with van der Waals surface area (Å²) >= 11 is 0. The Bertz CT molecular complexity index is 975. The molecule has 136 valence electrons. The highest BCUT2D eigenvalue weighted by atomic mass is 16.3. The first kappa shape index (κ1) is 18.2. The largest absolute Gasteiger partial charge is 0.467 e. The van der Waals surface area contributed by atoms with Crippen molar-refractivity contribution in [2.45, 2.75) is 13.5 Å². The summed E-state index contributed by atoms with van der Waals surface area (Å²) in [6.45, 7) is 1.61. The van der Waals surface area contributed by atoms with E-state index in [0.717, 1.165) is 16.2 Å². The molecule has 0 fully saturated rings. The van der Waals surface area contributed by atoms with Gasteiger partial charge in [-0.3, -0.25) is 14.5 Å². The molecule has 2 aromatic rings. The smallest absolute Gasteiger partial charge is 0.272 e. The summed E-state index contributed by atoms with van der Waals surface area (Å²) in [5.74, 6) is -0.565. The molecular formula is C21H19N3O3. The summed E-state index contributed by atoms with van der Waals surface area (Å²) < 4.78 is 5.25. The van der Waals surface area contributed by atoms with E-state index in [0.29, 0.717) is 16.9 Å². The zero-order chi connectivity index (χ0) is 19.6. The quantitative estimate of drug-likeness (QED) is 0.618. The molecule has 0 aliphatic carbocycles. The summed E-state index contributed by atoms with van der Waals surface area (Å²) in [6.07, 6.45) is 3.18. The molecule has 2 heterocycles. The summed E-state index contributed by atoms with van der Waals surface area (Å²) in [5, 5.41) is 9.42. The van der Waals surface area contributed by atoms with Gasteiger partial charge < -0.3 is 9.32 Å². The van der Waals surface area contributed by atoms with Gasteiger partial charge in [-0.15, -0.1) is 0 Å². The zero-order valence-corrected chi connectivity index (χ0v) is 15.4. The molecule has 1 aliphatic rings. The predicted molar refractivity (Wildman–Crippen MR) is 101 cm³/mol. The monoisotopic (exact) mass is 361 g/mol. The van der Waals surface area contributed by atoms with Crippen LogP contribution in [0.25, 0.3) is 6.08 Å². The van der Waals surface area contributed by atoms with E-state index < -0.39 is 11.8 Å². The molecular weight excluding hydrogens is 342 g/mol. The van der Waals surface area contributed by atoms with Crippen LogP contribution < -0.4 is 4.90 Å². The summed E-state index contributed by atoms with van der Waals surface area (Å²) in [7, 11) is 3.89. The number of furan rings is 1. The van der Waals surface area contributed by atoms with E-state index in [2.05, 4.69) is 0 Å². The first-order valence-corrected chi connectivity index (χ1v) is 8.41. The zero-order valence-electron chi connectivity index (χ0n) is 15.4. The van der Waals surface area contributed by atoms with E-state index in [1.165, 1.54) is 6.26 Å². The van der Waals surface area contributed by atoms with Crippen molar-refractivity contribution in [3.05, 3.63) is 70.7 Å². The highest BCUT2D eigenvalue weighted by Crippen LogP contribution is 2.28. The maximum Gasteiger partial charge on any atom is 0.272 e. The van der Waals surface area contributed by atoms with Crippen LogP contribution in [0.5, 0.6) is 0 Å². The molecule has 6 heteroatoms. The lowest BCUT2D eigenvalue weighted by atomic mass is 9.93. The maximum atomic E-state index is 13.0. The Balaban J connectivity index is 2.01. The van der Waals surface area contributed by atoms with Crippen molar-refractivity contribution in [2.75, 3.05) is 19.0 Å². The lowest BCUT2D eigenvalue weighted by Gasteiger charge is -2.26. The van der Waals surface area contributed by atoms with Crippen LogP contribution in [0.15, 0.2) is 63.8 Å². The Morgan fingerprint density at radius 2 is 1.85 bits per heavy atom. The normalized spacial score (nSPS) is 16.1. The number of anilines is 1. The van der Waals surface area contributed by atoms with Gasteiger partial charge in [0.2, 0.25) is 0 Å². The highest BCUT2D eigenvalue weighted by Gasteiger charge is 2.35. The molecule has 0 radical (unpaired) electrons. The number of hydrogen-bond donors (Lipinski definition) is 0. The first-order chi connectivity index (χ1) is 12.9. The molecule has 0 unspecified atom stereocenters. The van der Waals surface area contributed by atoms with Crippen LogP contribution >= 0.6 is 0 Å². The molecule has 1 aromatic heterocycles. The number of benzene rings is 1. The molecule has 0 atom stereocenters. The van der Waals surface area contributed by atoms with Gasteiger partial charge in [-0.05, 0) is 48.4 Å². The number of imide groups is 1. The molecule has 6 nitrogen and oxygen atoms in total. The van der Waals surface area contributed by atoms with E-state index in [4.69, 9.17) is 4.42 Å². The number of hydrogen-bond acceptors (Lipinski definition) is 5. The molecule has 0 bridgehead atoms. The highest BCUT2D eigenvalue weighted by molar-refractivity contribution is 6.19. The second kappa shape index (κ2) is 7.34. The third kappa shape index (κ3) is 3.53. The third-order valence-electron chi connectivity index (χ3n) is 4.44. The van der Waals surface area contributed by atoms with Gasteiger partial charge in [0.1, 0.15) is 17.4 Å². The minimum atomic E-state index is -0.600. The van der Waals surface area contributed by atoms with Gasteiger partial charge in [0, 0.05) is 25.4 Å². The van der Waals surface area contributed by atoms with Gasteiger partial charge >= 0.3 is 0 Å². The molecule has 0 saturated carbocycles. The summed E-state index contributed by atoms with van der Waals surface area (Å²) in [5.41, 5.74) is 2.53. The second-order valence-electron chi connectivity index (χ2n) is 6.43. The number of nitrogens with zero attached hydrogens (tertiary/aromatic N) is 3. The van der Waals surface area contributed by atoms with Crippen LogP contribution in [0.4, 0.5) is 5.69 Å². The van der Waals surface area contributed by atoms with Gasteiger partial charge in [-0.25, -0.2) is 0 Å². The Kier molecular flexibility index (Phi) is 4.95. The van der Waals surface area contributed by atoms with E-state index in [1.807, 2.05) is 49.3 Å². The van der Waals surface area contributed by atoms with Crippen molar-refractivity contribution < 1.29 is 14.0 Å². The predicted octanol–water partition coefficient (Wildman–Crippen LogP) is 3.14. The van der Waals surface area contributed by atoms with Gasteiger partial charge in [-0.1, -0.05) is 12.1 Å². The average molecular weight is 361 g/mol. The SMILES string of the molecule is CC1=C(C#N)C(=O)N(Cc2ccco2)C(=O)/C1=C/c1ccc(N(C)C)cc1. The van der Waals surface area contributed by atoms with Crippen molar-refractivity contribution in [1.82, 2.24) is 4.90 Å². The van der Waals surface area contributed by atoms with Crippen LogP contribution in [0.3, 0.4) is 0 Å². The van der Waals surface area contributed by atoms with Crippen LogP contribution in [-0.2, 0) is 16.1 Å². The van der Waals surface area contributed by atoms with E-state index in [-0.39, 0.29) is 12.1 Å². The molecule has 3 rings (SSSR count). The Hall–Kier alpha value is -3.59. The Morgan fingerprint density at radius 1 is 1.15 bits per heavy atom. The summed E-state index contributed by atoms with van der Waals surface area (Å²) in [6, 6.07) is 13.0. The molecule has 1 aliphatic heterocycles. The average Bonchev–Trinajstić information content (AvgIpc) is 3.16. The van der Waals surface area contributed by atoms with Crippen molar-refractivity contribution in [1.29, 1.82) is 5.26 Å². The van der Waals surface area contributed by atoms with E-state index >= 15 is 0 Å². The van der Waals surface area contributed by atoms with Gasteiger partial charge in [-0.2, -0.15) is 5.26 Å². The van der Waals surface area contributed by atoms with Gasteiger partial charge in [0.15, 0.2) is 0 Å². The van der Waals surface area contributed by atoms with Gasteiger partial charge in [0.25, 0.3) is 11.8 Å². The Morgan fingerprint density at radius 3 is 2.41 bits per heavy atom. The Labute approximate surface area is 157 Å². The molecule has 27 heavy (non-hydrogen) atoms. The molecule has 1 aromatic carbocycles. The molecule has 0 N–H and O–H groups in total. The molecule has 0 saturated heterocycles. The van der Waals surface area contributed by atoms with Crippen molar-refractivity contribution >= 4 is 23.6 Å². The summed E-state index contributed by atoms with van der Waals surface area (Å²) in [4.78, 5) is 28.6. The minimum absolute atomic E-state index is 0.0139. The maximum absolute atomic E-state index is 13.0. The topological polar surface area (TPSA) is 77.5 Å². The number of rotatable bonds is 4. The fourth-order valence-electron chi connectivity index (χ4n) is 2.87. The van der Waals surface area contributed by atoms with Crippen molar-refractivity contribution in [3.63, 3.8) is 0 Å². The van der Waals surface area contributed by atoms with Gasteiger partial charge in [0.05, 0.1) is 12.8 Å². The number of amides is 2. The van der Waals surface area contributed by atoms with Crippen LogP contribution in [-0.4, -0.2) is 30.8 Å². The van der Waals surface area contributed by atoms with Crippen molar-refractivity contribution in [2.24, 2.45) is 0 Å². The molecule has 2 amide bonds. The fourth-order valence-corrected chi connectivity index (χ4v) is 2.87. The number of nitriles is 1. The van der Waals surface area contributed by atoms with Crippen molar-refractivity contribution in [3.8, 4) is 6.07 Å². The number of carbonyl (C=O) groups excluding carboxylic acids is 2. The number of carbonyl (C=O) groups is 2. The lowest BCUT2D eigenvalue weighted by Crippen LogP contribution is -2.42. The van der Waals surface area contributed by atoms with E-state index in [9.17, 15) is 14.9 Å². The second-order valence-corrected chi connectivity index (χ2v) is 6.43. The minimum Gasteiger partial charge on any atom is -0.467 e. The first-order valence-electron chi connectivity index (χ1n) is 8.41. The fraction of sp³-hybridized carbons (Fsp3) is 0.190. The van der Waals surface area contributed by atoms with Crippen LogP contribution in [0.2, 0.25) is 0 Å². The van der Waals surface area contributed by atoms with Crippen LogP contribution in [0, 0.1) is 11.3 Å². The lowest BCUT2D eigenvalue weighted by molar-refractivity contribution is -0.141. The third-order valence-corrected chi connectivity index (χ3v) is 4.44. The van der Waals surface area contributed by atoms with Crippen LogP contribution in [0.1, 0.15) is 18.2 Å². The van der Waals surface area contributed by atoms with E-state index in [1.54, 1.807) is 25.1 Å².